The smallest absolute Gasteiger partial charge is 0.270 e. The Morgan fingerprint density at radius 3 is 3.00 bits per heavy atom. The number of nitro benzene ring substituents is 1. The highest BCUT2D eigenvalue weighted by molar-refractivity contribution is 5.61. The van der Waals surface area contributed by atoms with Crippen molar-refractivity contribution >= 4 is 5.69 Å². The highest BCUT2D eigenvalue weighted by atomic mass is 16.6. The van der Waals surface area contributed by atoms with E-state index in [0.717, 1.165) is 24.4 Å². The predicted molar refractivity (Wildman–Crippen MR) is 98.2 cm³/mol. The van der Waals surface area contributed by atoms with E-state index in [1.807, 2.05) is 12.1 Å². The number of aromatic nitrogens is 2. The molecule has 1 aliphatic heterocycles. The fraction of sp³-hybridized carbons (Fsp3) is 0.263. The molecule has 3 aromatic rings. The maximum absolute atomic E-state index is 12.2. The zero-order chi connectivity index (χ0) is 19.0. The molecule has 138 valence electrons. The fourth-order valence-corrected chi connectivity index (χ4v) is 3.35. The standard InChI is InChI=1S/C19H18N4O4/c1-12-20-17-7-8-22(11-16(17)19(24)21-12)10-15-5-6-18(27-15)13-3-2-4-14(9-13)23(25)26/h2-6,9H,7-8,10-11H2,1H3,(H,20,21,24). The number of hydrogen-bond donors (Lipinski definition) is 1. The second-order valence-electron chi connectivity index (χ2n) is 6.61. The molecule has 4 rings (SSSR count). The summed E-state index contributed by atoms with van der Waals surface area (Å²) < 4.78 is 5.88. The van der Waals surface area contributed by atoms with Crippen molar-refractivity contribution in [2.24, 2.45) is 0 Å². The number of non-ortho nitro benzene ring substituents is 1. The third kappa shape index (κ3) is 3.52. The van der Waals surface area contributed by atoms with Crippen molar-refractivity contribution in [2.45, 2.75) is 26.4 Å². The third-order valence-corrected chi connectivity index (χ3v) is 4.65. The summed E-state index contributed by atoms with van der Waals surface area (Å²) in [6, 6.07) is 10.0. The summed E-state index contributed by atoms with van der Waals surface area (Å²) in [7, 11) is 0. The van der Waals surface area contributed by atoms with Gasteiger partial charge in [-0.2, -0.15) is 0 Å². The maximum atomic E-state index is 12.2. The van der Waals surface area contributed by atoms with Crippen LogP contribution in [0.3, 0.4) is 0 Å². The van der Waals surface area contributed by atoms with E-state index >= 15 is 0 Å². The molecule has 0 bridgehead atoms. The van der Waals surface area contributed by atoms with Gasteiger partial charge >= 0.3 is 0 Å². The van der Waals surface area contributed by atoms with Gasteiger partial charge in [-0.25, -0.2) is 4.98 Å². The van der Waals surface area contributed by atoms with Gasteiger partial charge in [-0.3, -0.25) is 19.8 Å². The predicted octanol–water partition coefficient (Wildman–Crippen LogP) is 2.80. The minimum Gasteiger partial charge on any atom is -0.460 e. The summed E-state index contributed by atoms with van der Waals surface area (Å²) in [5, 5.41) is 10.9. The van der Waals surface area contributed by atoms with E-state index in [9.17, 15) is 14.9 Å². The molecule has 0 radical (unpaired) electrons. The first kappa shape index (κ1) is 17.2. The first-order chi connectivity index (χ1) is 13.0. The maximum Gasteiger partial charge on any atom is 0.270 e. The summed E-state index contributed by atoms with van der Waals surface area (Å²) >= 11 is 0. The van der Waals surface area contributed by atoms with E-state index in [-0.39, 0.29) is 11.2 Å². The zero-order valence-electron chi connectivity index (χ0n) is 14.8. The van der Waals surface area contributed by atoms with Gasteiger partial charge in [-0.05, 0) is 19.1 Å². The molecule has 0 fully saturated rings. The van der Waals surface area contributed by atoms with Gasteiger partial charge in [-0.15, -0.1) is 0 Å². The van der Waals surface area contributed by atoms with Gasteiger partial charge in [0.2, 0.25) is 0 Å². The van der Waals surface area contributed by atoms with Crippen LogP contribution in [-0.2, 0) is 19.5 Å². The quantitative estimate of drug-likeness (QED) is 0.562. The van der Waals surface area contributed by atoms with Crippen molar-refractivity contribution in [2.75, 3.05) is 6.54 Å². The molecule has 0 saturated heterocycles. The Hall–Kier alpha value is -3.26. The summed E-state index contributed by atoms with van der Waals surface area (Å²) in [6.45, 7) is 3.65. The molecule has 8 heteroatoms. The van der Waals surface area contributed by atoms with E-state index in [1.54, 1.807) is 19.1 Å². The second kappa shape index (κ2) is 6.81. The molecular formula is C19H18N4O4. The van der Waals surface area contributed by atoms with Gasteiger partial charge in [0, 0.05) is 37.2 Å². The highest BCUT2D eigenvalue weighted by Gasteiger charge is 2.21. The molecule has 0 aliphatic carbocycles. The number of hydrogen-bond acceptors (Lipinski definition) is 6. The topological polar surface area (TPSA) is 105 Å². The number of benzene rings is 1. The van der Waals surface area contributed by atoms with E-state index < -0.39 is 4.92 Å². The summed E-state index contributed by atoms with van der Waals surface area (Å²) in [6.07, 6.45) is 0.721. The van der Waals surface area contributed by atoms with E-state index in [1.165, 1.54) is 12.1 Å². The summed E-state index contributed by atoms with van der Waals surface area (Å²) in [5.74, 6) is 1.97. The van der Waals surface area contributed by atoms with Crippen LogP contribution in [-0.4, -0.2) is 26.3 Å². The van der Waals surface area contributed by atoms with Gasteiger partial charge in [0.05, 0.1) is 22.7 Å². The van der Waals surface area contributed by atoms with Crippen LogP contribution in [0, 0.1) is 17.0 Å². The van der Waals surface area contributed by atoms with Gasteiger partial charge in [0.15, 0.2) is 0 Å². The first-order valence-electron chi connectivity index (χ1n) is 8.64. The molecule has 1 aliphatic rings. The van der Waals surface area contributed by atoms with E-state index in [2.05, 4.69) is 14.9 Å². The monoisotopic (exact) mass is 366 g/mol. The lowest BCUT2D eigenvalue weighted by atomic mass is 10.1. The van der Waals surface area contributed by atoms with Crippen LogP contribution in [0.15, 0.2) is 45.6 Å². The molecule has 1 N–H and O–H groups in total. The number of H-pyrrole nitrogens is 1. The molecule has 3 heterocycles. The Balaban J connectivity index is 1.51. The molecule has 0 unspecified atom stereocenters. The highest BCUT2D eigenvalue weighted by Crippen LogP contribution is 2.27. The van der Waals surface area contributed by atoms with Crippen LogP contribution in [0.4, 0.5) is 5.69 Å². The van der Waals surface area contributed by atoms with Crippen molar-refractivity contribution < 1.29 is 9.34 Å². The lowest BCUT2D eigenvalue weighted by molar-refractivity contribution is -0.384. The number of rotatable bonds is 4. The average molecular weight is 366 g/mol. The normalized spacial score (nSPS) is 14.1. The number of aryl methyl sites for hydroxylation is 1. The number of nitrogens with one attached hydrogen (secondary N) is 1. The molecule has 8 nitrogen and oxygen atoms in total. The number of nitrogens with zero attached hydrogens (tertiary/aromatic N) is 3. The first-order valence-corrected chi connectivity index (χ1v) is 8.64. The zero-order valence-corrected chi connectivity index (χ0v) is 14.8. The van der Waals surface area contributed by atoms with Crippen molar-refractivity contribution in [3.05, 3.63) is 79.7 Å². The van der Waals surface area contributed by atoms with E-state index in [0.29, 0.717) is 35.8 Å². The van der Waals surface area contributed by atoms with Crippen LogP contribution in [0.1, 0.15) is 22.8 Å². The molecule has 0 saturated carbocycles. The van der Waals surface area contributed by atoms with Crippen LogP contribution in [0.5, 0.6) is 0 Å². The van der Waals surface area contributed by atoms with Crippen molar-refractivity contribution in [1.29, 1.82) is 0 Å². The number of nitro groups is 1. The lowest BCUT2D eigenvalue weighted by Crippen LogP contribution is -2.35. The largest absolute Gasteiger partial charge is 0.460 e. The van der Waals surface area contributed by atoms with Crippen LogP contribution in [0.25, 0.3) is 11.3 Å². The summed E-state index contributed by atoms with van der Waals surface area (Å²) in [5.41, 5.74) is 2.18. The van der Waals surface area contributed by atoms with Crippen LogP contribution < -0.4 is 5.56 Å². The number of furan rings is 1. The van der Waals surface area contributed by atoms with Crippen LogP contribution in [0.2, 0.25) is 0 Å². The Morgan fingerprint density at radius 1 is 1.33 bits per heavy atom. The number of aromatic amines is 1. The molecule has 27 heavy (non-hydrogen) atoms. The van der Waals surface area contributed by atoms with Gasteiger partial charge in [0.1, 0.15) is 17.3 Å². The molecule has 0 amide bonds. The average Bonchev–Trinajstić information content (AvgIpc) is 3.11. The minimum absolute atomic E-state index is 0.0279. The second-order valence-corrected chi connectivity index (χ2v) is 6.61. The van der Waals surface area contributed by atoms with Gasteiger partial charge < -0.3 is 9.40 Å². The molecular weight excluding hydrogens is 348 g/mol. The molecule has 0 atom stereocenters. The third-order valence-electron chi connectivity index (χ3n) is 4.65. The van der Waals surface area contributed by atoms with Crippen molar-refractivity contribution in [3.63, 3.8) is 0 Å². The van der Waals surface area contributed by atoms with Gasteiger partial charge in [-0.1, -0.05) is 12.1 Å². The Bertz CT molecular complexity index is 1070. The Kier molecular flexibility index (Phi) is 4.33. The van der Waals surface area contributed by atoms with Crippen molar-refractivity contribution in [1.82, 2.24) is 14.9 Å². The van der Waals surface area contributed by atoms with Crippen molar-refractivity contribution in [3.8, 4) is 11.3 Å². The lowest BCUT2D eigenvalue weighted by Gasteiger charge is -2.26. The van der Waals surface area contributed by atoms with Gasteiger partial charge in [0.25, 0.3) is 11.2 Å². The number of fused-ring (bicyclic) bond motifs is 1. The van der Waals surface area contributed by atoms with Crippen LogP contribution >= 0.6 is 0 Å². The minimum atomic E-state index is -0.425. The summed E-state index contributed by atoms with van der Waals surface area (Å²) in [4.78, 5) is 32.0. The Morgan fingerprint density at radius 2 is 2.19 bits per heavy atom. The molecule has 1 aromatic carbocycles. The Labute approximate surface area is 154 Å². The molecule has 0 spiro atoms. The fourth-order valence-electron chi connectivity index (χ4n) is 3.35. The molecule has 2 aromatic heterocycles. The van der Waals surface area contributed by atoms with E-state index in [4.69, 9.17) is 4.42 Å². The SMILES string of the molecule is Cc1nc2c(c(=O)[nH]1)CN(Cc1ccc(-c3cccc([N+](=O)[O-])c3)o1)CC2.